The second-order valence-electron chi connectivity index (χ2n) is 8.33. The highest BCUT2D eigenvalue weighted by Crippen LogP contribution is 2.33. The molecular formula is C26H27N3O4S2. The number of fused-ring (bicyclic) bond motifs is 1. The molecule has 0 spiro atoms. The van der Waals surface area contributed by atoms with Gasteiger partial charge in [0.1, 0.15) is 5.75 Å². The molecule has 0 atom stereocenters. The van der Waals surface area contributed by atoms with Crippen LogP contribution in [0, 0.1) is 13.8 Å². The van der Waals surface area contributed by atoms with E-state index in [9.17, 15) is 13.2 Å². The average molecular weight is 510 g/mol. The normalized spacial score (nSPS) is 11.5. The molecule has 0 saturated carbocycles. The van der Waals surface area contributed by atoms with Crippen LogP contribution in [0.3, 0.4) is 0 Å². The summed E-state index contributed by atoms with van der Waals surface area (Å²) in [6, 6.07) is 15.9. The van der Waals surface area contributed by atoms with Crippen LogP contribution in [0.4, 0.5) is 5.13 Å². The zero-order chi connectivity index (χ0) is 25.0. The number of sulfone groups is 1. The predicted octanol–water partition coefficient (Wildman–Crippen LogP) is 5.10. The minimum atomic E-state index is -3.51. The number of anilines is 1. The fourth-order valence-electron chi connectivity index (χ4n) is 3.85. The number of benzene rings is 2. The van der Waals surface area contributed by atoms with Crippen molar-refractivity contribution in [1.29, 1.82) is 0 Å². The Labute approximate surface area is 209 Å². The maximum Gasteiger partial charge on any atom is 0.229 e. The molecule has 7 nitrogen and oxygen atoms in total. The molecular weight excluding hydrogens is 482 g/mol. The molecule has 0 aliphatic heterocycles. The number of amides is 1. The Morgan fingerprint density at radius 1 is 1.09 bits per heavy atom. The van der Waals surface area contributed by atoms with Gasteiger partial charge in [-0.05, 0) is 73.9 Å². The first-order chi connectivity index (χ1) is 16.8. The number of pyridine rings is 1. The molecule has 4 rings (SSSR count). The third-order valence-electron chi connectivity index (χ3n) is 5.61. The largest absolute Gasteiger partial charge is 0.497 e. The van der Waals surface area contributed by atoms with E-state index < -0.39 is 9.84 Å². The summed E-state index contributed by atoms with van der Waals surface area (Å²) < 4.78 is 31.6. The lowest BCUT2D eigenvalue weighted by atomic mass is 10.1. The lowest BCUT2D eigenvalue weighted by Gasteiger charge is -2.19. The highest BCUT2D eigenvalue weighted by Gasteiger charge is 2.23. The Balaban J connectivity index is 1.53. The minimum absolute atomic E-state index is 0.0795. The van der Waals surface area contributed by atoms with Crippen LogP contribution in [0.5, 0.6) is 5.75 Å². The third kappa shape index (κ3) is 5.86. The molecule has 2 aromatic heterocycles. The molecule has 2 heterocycles. The molecule has 4 aromatic rings. The van der Waals surface area contributed by atoms with Crippen molar-refractivity contribution in [3.8, 4) is 5.75 Å². The number of hydrogen-bond donors (Lipinski definition) is 0. The van der Waals surface area contributed by atoms with E-state index in [-0.39, 0.29) is 35.9 Å². The number of methoxy groups -OCH3 is 1. The summed E-state index contributed by atoms with van der Waals surface area (Å²) in [6.45, 7) is 4.32. The molecule has 182 valence electrons. The molecule has 0 radical (unpaired) electrons. The number of aromatic nitrogens is 2. The zero-order valence-electron chi connectivity index (χ0n) is 19.9. The number of rotatable bonds is 9. The van der Waals surface area contributed by atoms with Gasteiger partial charge in [-0.1, -0.05) is 23.5 Å². The monoisotopic (exact) mass is 509 g/mol. The van der Waals surface area contributed by atoms with Crippen molar-refractivity contribution < 1.29 is 17.9 Å². The van der Waals surface area contributed by atoms with E-state index in [2.05, 4.69) is 11.1 Å². The highest BCUT2D eigenvalue weighted by atomic mass is 32.2. The number of ether oxygens (including phenoxy) is 1. The number of thiazole rings is 1. The molecule has 0 N–H and O–H groups in total. The smallest absolute Gasteiger partial charge is 0.229 e. The summed E-state index contributed by atoms with van der Waals surface area (Å²) in [5.41, 5.74) is 3.81. The SMILES string of the molecule is COc1ccc(S(=O)(=O)CCCC(=O)N(Cc2ccccn2)c2nc3cc(C)cc(C)c3s2)cc1. The summed E-state index contributed by atoms with van der Waals surface area (Å²) in [6.07, 6.45) is 1.97. The molecule has 35 heavy (non-hydrogen) atoms. The highest BCUT2D eigenvalue weighted by molar-refractivity contribution is 7.91. The van der Waals surface area contributed by atoms with Crippen molar-refractivity contribution >= 4 is 42.4 Å². The quantitative estimate of drug-likeness (QED) is 0.312. The number of carbonyl (C=O) groups excluding carboxylic acids is 1. The average Bonchev–Trinajstić information content (AvgIpc) is 3.27. The molecule has 0 saturated heterocycles. The summed E-state index contributed by atoms with van der Waals surface area (Å²) in [5.74, 6) is 0.278. The van der Waals surface area contributed by atoms with Gasteiger partial charge in [0.15, 0.2) is 15.0 Å². The van der Waals surface area contributed by atoms with Gasteiger partial charge in [-0.15, -0.1) is 0 Å². The summed E-state index contributed by atoms with van der Waals surface area (Å²) >= 11 is 1.46. The number of aryl methyl sites for hydroxylation is 2. The first-order valence-corrected chi connectivity index (χ1v) is 13.7. The first-order valence-electron chi connectivity index (χ1n) is 11.2. The van der Waals surface area contributed by atoms with Gasteiger partial charge >= 0.3 is 0 Å². The predicted molar refractivity (Wildman–Crippen MR) is 139 cm³/mol. The Kier molecular flexibility index (Phi) is 7.47. The van der Waals surface area contributed by atoms with Gasteiger partial charge < -0.3 is 4.74 Å². The van der Waals surface area contributed by atoms with E-state index in [1.54, 1.807) is 23.2 Å². The lowest BCUT2D eigenvalue weighted by Crippen LogP contribution is -2.30. The minimum Gasteiger partial charge on any atom is -0.497 e. The zero-order valence-corrected chi connectivity index (χ0v) is 21.5. The van der Waals surface area contributed by atoms with Crippen LogP contribution in [-0.2, 0) is 21.2 Å². The second kappa shape index (κ2) is 10.5. The van der Waals surface area contributed by atoms with Crippen molar-refractivity contribution in [2.45, 2.75) is 38.1 Å². The van der Waals surface area contributed by atoms with Gasteiger partial charge in [0, 0.05) is 12.6 Å². The summed E-state index contributed by atoms with van der Waals surface area (Å²) in [5, 5.41) is 0.586. The molecule has 0 aliphatic carbocycles. The molecule has 0 unspecified atom stereocenters. The number of nitrogens with zero attached hydrogens (tertiary/aromatic N) is 3. The van der Waals surface area contributed by atoms with E-state index in [0.29, 0.717) is 10.9 Å². The van der Waals surface area contributed by atoms with E-state index >= 15 is 0 Å². The Hall–Kier alpha value is -3.30. The van der Waals surface area contributed by atoms with Crippen LogP contribution in [0.15, 0.2) is 65.7 Å². The Bertz CT molecular complexity index is 1430. The van der Waals surface area contributed by atoms with Gasteiger partial charge in [0.05, 0.1) is 40.2 Å². The molecule has 2 aromatic carbocycles. The van der Waals surface area contributed by atoms with Gasteiger partial charge in [0.25, 0.3) is 0 Å². The maximum absolute atomic E-state index is 13.3. The van der Waals surface area contributed by atoms with Crippen LogP contribution in [0.25, 0.3) is 10.2 Å². The maximum atomic E-state index is 13.3. The molecule has 0 bridgehead atoms. The molecule has 9 heteroatoms. The van der Waals surface area contributed by atoms with E-state index in [1.807, 2.05) is 38.1 Å². The fraction of sp³-hybridized carbons (Fsp3) is 0.269. The lowest BCUT2D eigenvalue weighted by molar-refractivity contribution is -0.118. The third-order valence-corrected chi connectivity index (χ3v) is 8.66. The second-order valence-corrected chi connectivity index (χ2v) is 11.4. The van der Waals surface area contributed by atoms with Crippen molar-refractivity contribution in [2.24, 2.45) is 0 Å². The van der Waals surface area contributed by atoms with E-state index in [1.165, 1.54) is 30.6 Å². The Morgan fingerprint density at radius 3 is 2.54 bits per heavy atom. The number of hydrogen-bond acceptors (Lipinski definition) is 7. The van der Waals surface area contributed by atoms with Crippen molar-refractivity contribution in [3.63, 3.8) is 0 Å². The van der Waals surface area contributed by atoms with Gasteiger partial charge in [0.2, 0.25) is 5.91 Å². The standard InChI is InChI=1S/C26H27N3O4S2/c1-18-15-19(2)25-23(16-18)28-26(34-25)29(17-20-7-4-5-13-27-20)24(30)8-6-14-35(31,32)22-11-9-21(33-3)10-12-22/h4-5,7,9-13,15-16H,6,8,14,17H2,1-3H3. The number of carbonyl (C=O) groups is 1. The van der Waals surface area contributed by atoms with Crippen LogP contribution in [-0.4, -0.2) is 37.2 Å². The van der Waals surface area contributed by atoms with Crippen LogP contribution in [0.2, 0.25) is 0 Å². The van der Waals surface area contributed by atoms with Gasteiger partial charge in [-0.3, -0.25) is 14.7 Å². The van der Waals surface area contributed by atoms with Crippen molar-refractivity contribution in [3.05, 3.63) is 77.6 Å². The van der Waals surface area contributed by atoms with Crippen LogP contribution in [0.1, 0.15) is 29.7 Å². The topological polar surface area (TPSA) is 89.5 Å². The summed E-state index contributed by atoms with van der Waals surface area (Å²) in [4.78, 5) is 24.3. The van der Waals surface area contributed by atoms with Gasteiger partial charge in [-0.25, -0.2) is 13.4 Å². The fourth-order valence-corrected chi connectivity index (χ4v) is 6.19. The van der Waals surface area contributed by atoms with E-state index in [0.717, 1.165) is 27.0 Å². The molecule has 1 amide bonds. The van der Waals surface area contributed by atoms with Crippen LogP contribution < -0.4 is 9.64 Å². The molecule has 0 aliphatic rings. The van der Waals surface area contributed by atoms with Crippen LogP contribution >= 0.6 is 11.3 Å². The van der Waals surface area contributed by atoms with Gasteiger partial charge in [-0.2, -0.15) is 0 Å². The van der Waals surface area contributed by atoms with Crippen molar-refractivity contribution in [1.82, 2.24) is 9.97 Å². The first kappa shape index (κ1) is 24.8. The summed E-state index contributed by atoms with van der Waals surface area (Å²) in [7, 11) is -1.99. The molecule has 0 fully saturated rings. The Morgan fingerprint density at radius 2 is 1.86 bits per heavy atom. The van der Waals surface area contributed by atoms with Crippen molar-refractivity contribution in [2.75, 3.05) is 17.8 Å². The van der Waals surface area contributed by atoms with E-state index in [4.69, 9.17) is 9.72 Å².